The molecule has 1 unspecified atom stereocenters. The minimum Gasteiger partial charge on any atom is -0.481 e. The van der Waals surface area contributed by atoms with E-state index in [1.54, 1.807) is 19.1 Å². The van der Waals surface area contributed by atoms with E-state index in [0.29, 0.717) is 17.3 Å². The van der Waals surface area contributed by atoms with Gasteiger partial charge < -0.3 is 15.4 Å². The predicted molar refractivity (Wildman–Crippen MR) is 85.1 cm³/mol. The predicted octanol–water partition coefficient (Wildman–Crippen LogP) is 2.56. The first-order chi connectivity index (χ1) is 9.04. The van der Waals surface area contributed by atoms with Gasteiger partial charge in [0.15, 0.2) is 6.10 Å². The normalized spacial score (nSPS) is 11.4. The second-order valence-corrected chi connectivity index (χ2v) is 4.72. The van der Waals surface area contributed by atoms with Crippen molar-refractivity contribution >= 4 is 29.9 Å². The zero-order chi connectivity index (χ0) is 14.3. The molecule has 1 aromatic rings. The van der Waals surface area contributed by atoms with Crippen LogP contribution in [0.2, 0.25) is 5.02 Å². The van der Waals surface area contributed by atoms with Crippen LogP contribution in [0.3, 0.4) is 0 Å². The molecule has 0 saturated heterocycles. The van der Waals surface area contributed by atoms with Gasteiger partial charge in [0.25, 0.3) is 5.91 Å². The molecule has 0 aliphatic heterocycles. The number of rotatable bonds is 7. The summed E-state index contributed by atoms with van der Waals surface area (Å²) in [5.74, 6) is 0.529. The number of carbonyl (C=O) groups is 1. The number of benzene rings is 1. The highest BCUT2D eigenvalue weighted by Crippen LogP contribution is 2.21. The number of aryl methyl sites for hydroxylation is 1. The number of amides is 1. The largest absolute Gasteiger partial charge is 0.481 e. The number of ether oxygens (including phenoxy) is 1. The lowest BCUT2D eigenvalue weighted by Gasteiger charge is -2.15. The Morgan fingerprint density at radius 2 is 2.10 bits per heavy atom. The maximum absolute atomic E-state index is 11.8. The molecule has 0 aromatic heterocycles. The topological polar surface area (TPSA) is 50.4 Å². The van der Waals surface area contributed by atoms with Crippen LogP contribution in [0.25, 0.3) is 0 Å². The minimum absolute atomic E-state index is 0. The van der Waals surface area contributed by atoms with Crippen LogP contribution >= 0.6 is 24.0 Å². The zero-order valence-electron chi connectivity index (χ0n) is 12.0. The molecule has 0 heterocycles. The fourth-order valence-electron chi connectivity index (χ4n) is 1.54. The molecule has 0 saturated carbocycles. The third-order valence-corrected chi connectivity index (χ3v) is 3.09. The van der Waals surface area contributed by atoms with Gasteiger partial charge in [-0.2, -0.15) is 0 Å². The van der Waals surface area contributed by atoms with Gasteiger partial charge in [-0.05, 0) is 44.2 Å². The van der Waals surface area contributed by atoms with Crippen molar-refractivity contribution in [1.82, 2.24) is 10.6 Å². The van der Waals surface area contributed by atoms with Gasteiger partial charge in [0, 0.05) is 18.1 Å². The quantitative estimate of drug-likeness (QED) is 0.759. The SMILES string of the molecule is CCNCCNC(=O)C(C)Oc1ccc(Cl)c(C)c1.Cl. The van der Waals surface area contributed by atoms with E-state index < -0.39 is 6.10 Å². The lowest BCUT2D eigenvalue weighted by molar-refractivity contribution is -0.127. The second-order valence-electron chi connectivity index (χ2n) is 4.32. The van der Waals surface area contributed by atoms with Gasteiger partial charge in [-0.3, -0.25) is 4.79 Å². The van der Waals surface area contributed by atoms with Crippen molar-refractivity contribution in [2.45, 2.75) is 26.9 Å². The van der Waals surface area contributed by atoms with E-state index >= 15 is 0 Å². The Morgan fingerprint density at radius 3 is 2.70 bits per heavy atom. The Hall–Kier alpha value is -0.970. The summed E-state index contributed by atoms with van der Waals surface area (Å²) >= 11 is 5.94. The van der Waals surface area contributed by atoms with Gasteiger partial charge >= 0.3 is 0 Å². The van der Waals surface area contributed by atoms with E-state index in [4.69, 9.17) is 16.3 Å². The molecule has 2 N–H and O–H groups in total. The molecule has 0 spiro atoms. The smallest absolute Gasteiger partial charge is 0.260 e. The maximum atomic E-state index is 11.8. The Labute approximate surface area is 131 Å². The summed E-state index contributed by atoms with van der Waals surface area (Å²) in [6.45, 7) is 7.90. The molecular formula is C14H22Cl2N2O2. The van der Waals surface area contributed by atoms with Crippen LogP contribution in [-0.4, -0.2) is 31.6 Å². The molecule has 1 rings (SSSR count). The molecule has 0 aliphatic carbocycles. The number of hydrogen-bond acceptors (Lipinski definition) is 3. The third-order valence-electron chi connectivity index (χ3n) is 2.66. The molecule has 1 atom stereocenters. The Morgan fingerprint density at radius 1 is 1.40 bits per heavy atom. The summed E-state index contributed by atoms with van der Waals surface area (Å²) in [6.07, 6.45) is -0.526. The van der Waals surface area contributed by atoms with Crippen LogP contribution in [0.15, 0.2) is 18.2 Å². The molecule has 6 heteroatoms. The van der Waals surface area contributed by atoms with Gasteiger partial charge in [-0.25, -0.2) is 0 Å². The molecule has 0 aliphatic rings. The summed E-state index contributed by atoms with van der Waals surface area (Å²) in [4.78, 5) is 11.8. The Balaban J connectivity index is 0.00000361. The average Bonchev–Trinajstić information content (AvgIpc) is 2.38. The first-order valence-electron chi connectivity index (χ1n) is 6.45. The highest BCUT2D eigenvalue weighted by Gasteiger charge is 2.14. The van der Waals surface area contributed by atoms with Crippen molar-refractivity contribution in [2.24, 2.45) is 0 Å². The zero-order valence-corrected chi connectivity index (χ0v) is 13.6. The van der Waals surface area contributed by atoms with Crippen LogP contribution in [0.4, 0.5) is 0 Å². The molecule has 0 radical (unpaired) electrons. The summed E-state index contributed by atoms with van der Waals surface area (Å²) in [5, 5.41) is 6.64. The minimum atomic E-state index is -0.526. The van der Waals surface area contributed by atoms with Crippen LogP contribution in [0, 0.1) is 6.92 Å². The molecule has 0 fully saturated rings. The van der Waals surface area contributed by atoms with Crippen molar-refractivity contribution in [3.8, 4) is 5.75 Å². The molecule has 4 nitrogen and oxygen atoms in total. The molecule has 1 amide bonds. The monoisotopic (exact) mass is 320 g/mol. The maximum Gasteiger partial charge on any atom is 0.260 e. The molecule has 20 heavy (non-hydrogen) atoms. The number of nitrogens with one attached hydrogen (secondary N) is 2. The molecular weight excluding hydrogens is 299 g/mol. The molecule has 1 aromatic carbocycles. The fraction of sp³-hybridized carbons (Fsp3) is 0.500. The van der Waals surface area contributed by atoms with Gasteiger partial charge in [-0.1, -0.05) is 18.5 Å². The number of hydrogen-bond donors (Lipinski definition) is 2. The first kappa shape index (κ1) is 19.0. The lowest BCUT2D eigenvalue weighted by Crippen LogP contribution is -2.39. The Bertz CT molecular complexity index is 428. The van der Waals surface area contributed by atoms with Crippen LogP contribution < -0.4 is 15.4 Å². The van der Waals surface area contributed by atoms with Gasteiger partial charge in [0.2, 0.25) is 0 Å². The Kier molecular flexibility index (Phi) is 9.38. The van der Waals surface area contributed by atoms with Crippen molar-refractivity contribution < 1.29 is 9.53 Å². The number of likely N-dealkylation sites (N-methyl/N-ethyl adjacent to an activating group) is 1. The fourth-order valence-corrected chi connectivity index (χ4v) is 1.66. The van der Waals surface area contributed by atoms with E-state index in [0.717, 1.165) is 18.7 Å². The average molecular weight is 321 g/mol. The van der Waals surface area contributed by atoms with Crippen LogP contribution in [-0.2, 0) is 4.79 Å². The van der Waals surface area contributed by atoms with Crippen molar-refractivity contribution in [3.05, 3.63) is 28.8 Å². The van der Waals surface area contributed by atoms with Crippen LogP contribution in [0.5, 0.6) is 5.75 Å². The molecule has 0 bridgehead atoms. The standard InChI is InChI=1S/C14H21ClN2O2.ClH/c1-4-16-7-8-17-14(18)11(3)19-12-5-6-13(15)10(2)9-12;/h5-6,9,11,16H,4,7-8H2,1-3H3,(H,17,18);1H. The third kappa shape index (κ3) is 6.46. The van der Waals surface area contributed by atoms with E-state index in [-0.39, 0.29) is 18.3 Å². The van der Waals surface area contributed by atoms with Crippen molar-refractivity contribution in [3.63, 3.8) is 0 Å². The van der Waals surface area contributed by atoms with E-state index in [1.807, 2.05) is 19.9 Å². The summed E-state index contributed by atoms with van der Waals surface area (Å²) in [6, 6.07) is 5.35. The van der Waals surface area contributed by atoms with E-state index in [1.165, 1.54) is 0 Å². The van der Waals surface area contributed by atoms with Crippen molar-refractivity contribution in [2.75, 3.05) is 19.6 Å². The number of halogens is 2. The van der Waals surface area contributed by atoms with Crippen LogP contribution in [0.1, 0.15) is 19.4 Å². The van der Waals surface area contributed by atoms with Gasteiger partial charge in [0.05, 0.1) is 0 Å². The highest BCUT2D eigenvalue weighted by atomic mass is 35.5. The number of carbonyl (C=O) groups excluding carboxylic acids is 1. The van der Waals surface area contributed by atoms with Gasteiger partial charge in [-0.15, -0.1) is 12.4 Å². The second kappa shape index (κ2) is 9.86. The summed E-state index contributed by atoms with van der Waals surface area (Å²) in [7, 11) is 0. The van der Waals surface area contributed by atoms with Crippen molar-refractivity contribution in [1.29, 1.82) is 0 Å². The van der Waals surface area contributed by atoms with E-state index in [2.05, 4.69) is 10.6 Å². The molecule has 114 valence electrons. The van der Waals surface area contributed by atoms with Gasteiger partial charge in [0.1, 0.15) is 5.75 Å². The van der Waals surface area contributed by atoms with E-state index in [9.17, 15) is 4.79 Å². The summed E-state index contributed by atoms with van der Waals surface area (Å²) < 4.78 is 5.58. The first-order valence-corrected chi connectivity index (χ1v) is 6.83. The highest BCUT2D eigenvalue weighted by molar-refractivity contribution is 6.31. The lowest BCUT2D eigenvalue weighted by atomic mass is 10.2. The summed E-state index contributed by atoms with van der Waals surface area (Å²) in [5.41, 5.74) is 0.930.